The Morgan fingerprint density at radius 1 is 1.41 bits per heavy atom. The Hall–Kier alpha value is -2.43. The van der Waals surface area contributed by atoms with Crippen molar-refractivity contribution < 1.29 is 14.3 Å². The Labute approximate surface area is 135 Å². The molecule has 112 valence electrons. The molecule has 0 spiro atoms. The molecule has 7 heteroatoms. The van der Waals surface area contributed by atoms with Gasteiger partial charge in [-0.3, -0.25) is 4.79 Å². The topological polar surface area (TPSA) is 79.2 Å². The molecular formula is C15H12N2O3S2. The SMILES string of the molecule is C[C@@H](OC(=O)/C=C/c1ccsc1)C(=O)Nc1sccc1C#N. The normalized spacial score (nSPS) is 11.8. The zero-order chi connectivity index (χ0) is 15.9. The van der Waals surface area contributed by atoms with Crippen molar-refractivity contribution >= 4 is 45.6 Å². The van der Waals surface area contributed by atoms with Crippen LogP contribution in [0.1, 0.15) is 18.1 Å². The highest BCUT2D eigenvalue weighted by Gasteiger charge is 2.18. The summed E-state index contributed by atoms with van der Waals surface area (Å²) in [5.74, 6) is -1.07. The van der Waals surface area contributed by atoms with Crippen LogP contribution in [0.4, 0.5) is 5.00 Å². The zero-order valence-corrected chi connectivity index (χ0v) is 13.2. The Kier molecular flexibility index (Phi) is 5.47. The van der Waals surface area contributed by atoms with E-state index in [2.05, 4.69) is 5.32 Å². The van der Waals surface area contributed by atoms with Crippen LogP contribution >= 0.6 is 22.7 Å². The van der Waals surface area contributed by atoms with Gasteiger partial charge < -0.3 is 10.1 Å². The summed E-state index contributed by atoms with van der Waals surface area (Å²) in [7, 11) is 0. The lowest BCUT2D eigenvalue weighted by atomic mass is 10.3. The standard InChI is InChI=1S/C15H12N2O3S2/c1-10(14(19)17-15-12(8-16)5-7-22-15)20-13(18)3-2-11-4-6-21-9-11/h2-7,9-10H,1H3,(H,17,19)/b3-2+/t10-/m1/s1. The summed E-state index contributed by atoms with van der Waals surface area (Å²) < 4.78 is 5.02. The minimum Gasteiger partial charge on any atom is -0.449 e. The number of ether oxygens (including phenoxy) is 1. The lowest BCUT2D eigenvalue weighted by Crippen LogP contribution is -2.29. The summed E-state index contributed by atoms with van der Waals surface area (Å²) >= 11 is 2.76. The number of carbonyl (C=O) groups is 2. The van der Waals surface area contributed by atoms with Gasteiger partial charge in [0.25, 0.3) is 5.91 Å². The van der Waals surface area contributed by atoms with E-state index in [-0.39, 0.29) is 0 Å². The van der Waals surface area contributed by atoms with Crippen LogP contribution in [0.5, 0.6) is 0 Å². The van der Waals surface area contributed by atoms with Crippen molar-refractivity contribution in [2.24, 2.45) is 0 Å². The maximum absolute atomic E-state index is 11.9. The molecule has 1 N–H and O–H groups in total. The fraction of sp³-hybridized carbons (Fsp3) is 0.133. The van der Waals surface area contributed by atoms with Gasteiger partial charge in [0.05, 0.1) is 5.56 Å². The van der Waals surface area contributed by atoms with Crippen LogP contribution in [0.25, 0.3) is 6.08 Å². The first-order valence-corrected chi connectivity index (χ1v) is 8.11. The van der Waals surface area contributed by atoms with Crippen LogP contribution in [0, 0.1) is 11.3 Å². The van der Waals surface area contributed by atoms with Gasteiger partial charge in [-0.15, -0.1) is 11.3 Å². The van der Waals surface area contributed by atoms with Crippen molar-refractivity contribution in [1.29, 1.82) is 5.26 Å². The second-order valence-electron chi connectivity index (χ2n) is 4.23. The smallest absolute Gasteiger partial charge is 0.331 e. The van der Waals surface area contributed by atoms with Gasteiger partial charge in [-0.05, 0) is 46.8 Å². The van der Waals surface area contributed by atoms with E-state index in [4.69, 9.17) is 10.00 Å². The third-order valence-electron chi connectivity index (χ3n) is 2.64. The Morgan fingerprint density at radius 2 is 2.23 bits per heavy atom. The van der Waals surface area contributed by atoms with Gasteiger partial charge in [0.2, 0.25) is 0 Å². The molecule has 2 aromatic rings. The fourth-order valence-corrected chi connectivity index (χ4v) is 2.88. The molecule has 0 bridgehead atoms. The van der Waals surface area contributed by atoms with Crippen LogP contribution in [-0.2, 0) is 14.3 Å². The molecule has 22 heavy (non-hydrogen) atoms. The molecule has 1 amide bonds. The van der Waals surface area contributed by atoms with Crippen molar-refractivity contribution in [3.05, 3.63) is 45.5 Å². The largest absolute Gasteiger partial charge is 0.449 e. The maximum atomic E-state index is 11.9. The molecule has 0 saturated heterocycles. The molecule has 0 unspecified atom stereocenters. The Balaban J connectivity index is 1.88. The highest BCUT2D eigenvalue weighted by molar-refractivity contribution is 7.14. The molecule has 1 atom stereocenters. The van der Waals surface area contributed by atoms with Crippen LogP contribution < -0.4 is 5.32 Å². The zero-order valence-electron chi connectivity index (χ0n) is 11.6. The Morgan fingerprint density at radius 3 is 2.91 bits per heavy atom. The van der Waals surface area contributed by atoms with Gasteiger partial charge in [0.1, 0.15) is 11.1 Å². The van der Waals surface area contributed by atoms with E-state index in [1.54, 1.807) is 17.5 Å². The van der Waals surface area contributed by atoms with Crippen molar-refractivity contribution in [2.45, 2.75) is 13.0 Å². The summed E-state index contributed by atoms with van der Waals surface area (Å²) in [6.45, 7) is 1.48. The summed E-state index contributed by atoms with van der Waals surface area (Å²) in [4.78, 5) is 23.6. The van der Waals surface area contributed by atoms with E-state index in [1.807, 2.05) is 22.9 Å². The highest BCUT2D eigenvalue weighted by atomic mass is 32.1. The average Bonchev–Trinajstić information content (AvgIpc) is 3.16. The predicted octanol–water partition coefficient (Wildman–Crippen LogP) is 3.26. The second kappa shape index (κ2) is 7.54. The average molecular weight is 332 g/mol. The van der Waals surface area contributed by atoms with Crippen molar-refractivity contribution in [1.82, 2.24) is 0 Å². The van der Waals surface area contributed by atoms with Crippen molar-refractivity contribution in [3.8, 4) is 6.07 Å². The summed E-state index contributed by atoms with van der Waals surface area (Å²) in [6.07, 6.45) is 1.95. The van der Waals surface area contributed by atoms with Crippen molar-refractivity contribution in [3.63, 3.8) is 0 Å². The Bertz CT molecular complexity index is 726. The number of amides is 1. The second-order valence-corrected chi connectivity index (χ2v) is 5.93. The monoisotopic (exact) mass is 332 g/mol. The van der Waals surface area contributed by atoms with Crippen LogP contribution in [-0.4, -0.2) is 18.0 Å². The first-order chi connectivity index (χ1) is 10.6. The fourth-order valence-electron chi connectivity index (χ4n) is 1.51. The van der Waals surface area contributed by atoms with Gasteiger partial charge >= 0.3 is 5.97 Å². The predicted molar refractivity (Wildman–Crippen MR) is 86.6 cm³/mol. The van der Waals surface area contributed by atoms with Gasteiger partial charge in [0, 0.05) is 6.08 Å². The summed E-state index contributed by atoms with van der Waals surface area (Å²) in [6, 6.07) is 5.45. The molecule has 0 fully saturated rings. The van der Waals surface area contributed by atoms with E-state index < -0.39 is 18.0 Å². The van der Waals surface area contributed by atoms with E-state index in [1.165, 1.54) is 35.7 Å². The lowest BCUT2D eigenvalue weighted by Gasteiger charge is -2.11. The quantitative estimate of drug-likeness (QED) is 0.673. The number of hydrogen-bond acceptors (Lipinski definition) is 6. The number of nitrogens with zero attached hydrogens (tertiary/aromatic N) is 1. The van der Waals surface area contributed by atoms with Crippen LogP contribution in [0.15, 0.2) is 34.3 Å². The number of nitriles is 1. The molecule has 0 saturated carbocycles. The van der Waals surface area contributed by atoms with Crippen LogP contribution in [0.2, 0.25) is 0 Å². The molecule has 0 aliphatic heterocycles. The molecule has 0 aliphatic rings. The minimum atomic E-state index is -0.951. The van der Waals surface area contributed by atoms with E-state index in [9.17, 15) is 9.59 Å². The van der Waals surface area contributed by atoms with Gasteiger partial charge in [0.15, 0.2) is 6.10 Å². The molecule has 0 radical (unpaired) electrons. The van der Waals surface area contributed by atoms with Crippen molar-refractivity contribution in [2.75, 3.05) is 5.32 Å². The molecular weight excluding hydrogens is 320 g/mol. The minimum absolute atomic E-state index is 0.384. The third-order valence-corrected chi connectivity index (χ3v) is 4.17. The number of esters is 1. The summed E-state index contributed by atoms with van der Waals surface area (Å²) in [5, 5.41) is 17.4. The number of hydrogen-bond donors (Lipinski definition) is 1. The highest BCUT2D eigenvalue weighted by Crippen LogP contribution is 2.22. The van der Waals surface area contributed by atoms with Gasteiger partial charge in [-0.25, -0.2) is 4.79 Å². The molecule has 0 aliphatic carbocycles. The van der Waals surface area contributed by atoms with E-state index in [0.29, 0.717) is 10.6 Å². The first kappa shape index (κ1) is 15.9. The summed E-state index contributed by atoms with van der Waals surface area (Å²) in [5.41, 5.74) is 1.28. The molecule has 0 aromatic carbocycles. The van der Waals surface area contributed by atoms with Gasteiger partial charge in [-0.2, -0.15) is 16.6 Å². The van der Waals surface area contributed by atoms with E-state index in [0.717, 1.165) is 5.56 Å². The maximum Gasteiger partial charge on any atom is 0.331 e. The van der Waals surface area contributed by atoms with Crippen LogP contribution in [0.3, 0.4) is 0 Å². The first-order valence-electron chi connectivity index (χ1n) is 6.29. The number of anilines is 1. The molecule has 2 aromatic heterocycles. The molecule has 2 heterocycles. The number of nitrogens with one attached hydrogen (secondary N) is 1. The lowest BCUT2D eigenvalue weighted by molar-refractivity contribution is -0.148. The third kappa shape index (κ3) is 4.28. The molecule has 5 nitrogen and oxygen atoms in total. The number of carbonyl (C=O) groups excluding carboxylic acids is 2. The van der Waals surface area contributed by atoms with E-state index >= 15 is 0 Å². The number of rotatable bonds is 5. The number of thiophene rings is 2. The van der Waals surface area contributed by atoms with Gasteiger partial charge in [-0.1, -0.05) is 0 Å². The molecule has 2 rings (SSSR count).